The Kier molecular flexibility index (Phi) is 3.42. The standard InChI is InChI=1S/C11H16N2O4/c14-9-5-8(10(15)13-9)12-7-3-1-6(2-4-7)11(16)17/h6-8,12H,1-5H2,(H,16,17)(H,13,14,15). The molecule has 1 saturated carbocycles. The Labute approximate surface area is 98.8 Å². The van der Waals surface area contributed by atoms with E-state index < -0.39 is 12.0 Å². The highest BCUT2D eigenvalue weighted by atomic mass is 16.4. The molecule has 0 aromatic carbocycles. The molecule has 6 nitrogen and oxygen atoms in total. The second-order valence-electron chi connectivity index (χ2n) is 4.72. The number of carboxylic acid groups (broad SMARTS) is 1. The van der Waals surface area contributed by atoms with Crippen molar-refractivity contribution in [1.29, 1.82) is 0 Å². The maximum atomic E-state index is 11.3. The monoisotopic (exact) mass is 240 g/mol. The van der Waals surface area contributed by atoms with Gasteiger partial charge in [-0.2, -0.15) is 0 Å². The molecular formula is C11H16N2O4. The van der Waals surface area contributed by atoms with Gasteiger partial charge >= 0.3 is 5.97 Å². The van der Waals surface area contributed by atoms with E-state index >= 15 is 0 Å². The highest BCUT2D eigenvalue weighted by Gasteiger charge is 2.34. The smallest absolute Gasteiger partial charge is 0.306 e. The van der Waals surface area contributed by atoms with Gasteiger partial charge in [0.15, 0.2) is 0 Å². The minimum Gasteiger partial charge on any atom is -0.481 e. The van der Waals surface area contributed by atoms with Gasteiger partial charge in [-0.15, -0.1) is 0 Å². The molecule has 0 bridgehead atoms. The van der Waals surface area contributed by atoms with Crippen LogP contribution in [0.4, 0.5) is 0 Å². The Bertz CT molecular complexity index is 347. The minimum atomic E-state index is -0.739. The fourth-order valence-corrected chi connectivity index (χ4v) is 2.48. The third-order valence-electron chi connectivity index (χ3n) is 3.48. The molecule has 94 valence electrons. The molecule has 0 aromatic heterocycles. The molecule has 17 heavy (non-hydrogen) atoms. The lowest BCUT2D eigenvalue weighted by Crippen LogP contribution is -2.44. The zero-order chi connectivity index (χ0) is 12.4. The molecule has 0 radical (unpaired) electrons. The Hall–Kier alpha value is -1.43. The largest absolute Gasteiger partial charge is 0.481 e. The van der Waals surface area contributed by atoms with Crippen molar-refractivity contribution in [3.05, 3.63) is 0 Å². The van der Waals surface area contributed by atoms with Gasteiger partial charge in [-0.1, -0.05) is 0 Å². The number of imide groups is 1. The number of carboxylic acids is 1. The molecule has 6 heteroatoms. The molecule has 0 spiro atoms. The Morgan fingerprint density at radius 3 is 2.35 bits per heavy atom. The summed E-state index contributed by atoms with van der Waals surface area (Å²) in [6.45, 7) is 0. The molecule has 1 aliphatic carbocycles. The Morgan fingerprint density at radius 2 is 1.88 bits per heavy atom. The fraction of sp³-hybridized carbons (Fsp3) is 0.727. The van der Waals surface area contributed by atoms with Crippen LogP contribution in [0.15, 0.2) is 0 Å². The van der Waals surface area contributed by atoms with Crippen LogP contribution in [0.5, 0.6) is 0 Å². The van der Waals surface area contributed by atoms with Crippen molar-refractivity contribution in [1.82, 2.24) is 10.6 Å². The summed E-state index contributed by atoms with van der Waals surface area (Å²) in [7, 11) is 0. The second-order valence-corrected chi connectivity index (χ2v) is 4.72. The zero-order valence-corrected chi connectivity index (χ0v) is 9.44. The van der Waals surface area contributed by atoms with Crippen LogP contribution in [0.2, 0.25) is 0 Å². The van der Waals surface area contributed by atoms with Crippen molar-refractivity contribution >= 4 is 17.8 Å². The van der Waals surface area contributed by atoms with Gasteiger partial charge in [0.05, 0.1) is 18.4 Å². The summed E-state index contributed by atoms with van der Waals surface area (Å²) in [6.07, 6.45) is 2.95. The van der Waals surface area contributed by atoms with Crippen LogP contribution in [-0.4, -0.2) is 35.0 Å². The predicted octanol–water partition coefficient (Wildman–Crippen LogP) is -0.366. The Balaban J connectivity index is 1.80. The summed E-state index contributed by atoms with van der Waals surface area (Å²) in [5.41, 5.74) is 0. The van der Waals surface area contributed by atoms with Crippen molar-refractivity contribution in [3.8, 4) is 0 Å². The van der Waals surface area contributed by atoms with Crippen LogP contribution in [0.25, 0.3) is 0 Å². The van der Waals surface area contributed by atoms with Crippen LogP contribution in [0.1, 0.15) is 32.1 Å². The molecule has 2 fully saturated rings. The Morgan fingerprint density at radius 1 is 1.24 bits per heavy atom. The number of nitrogens with one attached hydrogen (secondary N) is 2. The van der Waals surface area contributed by atoms with Crippen LogP contribution in [-0.2, 0) is 14.4 Å². The molecule has 3 N–H and O–H groups in total. The summed E-state index contributed by atoms with van der Waals surface area (Å²) in [4.78, 5) is 33.1. The molecule has 1 aliphatic heterocycles. The van der Waals surface area contributed by atoms with Crippen molar-refractivity contribution in [2.24, 2.45) is 5.92 Å². The SMILES string of the molecule is O=C1CC(NC2CCC(C(=O)O)CC2)C(=O)N1. The van der Waals surface area contributed by atoms with Crippen LogP contribution < -0.4 is 10.6 Å². The highest BCUT2D eigenvalue weighted by molar-refractivity contribution is 6.05. The number of amides is 2. The fourth-order valence-electron chi connectivity index (χ4n) is 2.48. The predicted molar refractivity (Wildman–Crippen MR) is 58.1 cm³/mol. The third-order valence-corrected chi connectivity index (χ3v) is 3.48. The minimum absolute atomic E-state index is 0.146. The number of hydrogen-bond acceptors (Lipinski definition) is 4. The lowest BCUT2D eigenvalue weighted by atomic mass is 9.86. The zero-order valence-electron chi connectivity index (χ0n) is 9.44. The van der Waals surface area contributed by atoms with E-state index in [2.05, 4.69) is 10.6 Å². The molecule has 2 aliphatic rings. The van der Waals surface area contributed by atoms with E-state index in [4.69, 9.17) is 5.11 Å². The molecule has 0 aromatic rings. The maximum absolute atomic E-state index is 11.3. The van der Waals surface area contributed by atoms with E-state index in [9.17, 15) is 14.4 Å². The van der Waals surface area contributed by atoms with Crippen LogP contribution in [0.3, 0.4) is 0 Å². The number of carbonyl (C=O) groups is 3. The van der Waals surface area contributed by atoms with Crippen LogP contribution in [0, 0.1) is 5.92 Å². The van der Waals surface area contributed by atoms with Gasteiger partial charge in [0, 0.05) is 6.04 Å². The van der Waals surface area contributed by atoms with Crippen molar-refractivity contribution < 1.29 is 19.5 Å². The molecule has 1 atom stereocenters. The van der Waals surface area contributed by atoms with Crippen LogP contribution >= 0.6 is 0 Å². The first kappa shape index (κ1) is 12.0. The van der Waals surface area contributed by atoms with E-state index in [1.54, 1.807) is 0 Å². The third kappa shape index (κ3) is 2.82. The number of rotatable bonds is 3. The first-order valence-corrected chi connectivity index (χ1v) is 5.89. The summed E-state index contributed by atoms with van der Waals surface area (Å²) in [5.74, 6) is -1.51. The number of hydrogen-bond donors (Lipinski definition) is 3. The first-order chi connectivity index (χ1) is 8.06. The topological polar surface area (TPSA) is 95.5 Å². The van der Waals surface area contributed by atoms with Gasteiger partial charge in [0.25, 0.3) is 0 Å². The van der Waals surface area contributed by atoms with Gasteiger partial charge in [-0.05, 0) is 25.7 Å². The van der Waals surface area contributed by atoms with Gasteiger partial charge in [-0.25, -0.2) is 0 Å². The van der Waals surface area contributed by atoms with E-state index in [0.29, 0.717) is 12.8 Å². The molecule has 1 unspecified atom stereocenters. The van der Waals surface area contributed by atoms with E-state index in [0.717, 1.165) is 12.8 Å². The van der Waals surface area contributed by atoms with Gasteiger partial charge in [0.1, 0.15) is 0 Å². The van der Waals surface area contributed by atoms with Crippen molar-refractivity contribution in [3.63, 3.8) is 0 Å². The van der Waals surface area contributed by atoms with Gasteiger partial charge < -0.3 is 10.4 Å². The van der Waals surface area contributed by atoms with Crippen molar-refractivity contribution in [2.75, 3.05) is 0 Å². The second kappa shape index (κ2) is 4.83. The number of carbonyl (C=O) groups excluding carboxylic acids is 2. The highest BCUT2D eigenvalue weighted by Crippen LogP contribution is 2.25. The summed E-state index contributed by atoms with van der Waals surface area (Å²) >= 11 is 0. The van der Waals surface area contributed by atoms with E-state index in [1.165, 1.54) is 0 Å². The lowest BCUT2D eigenvalue weighted by molar-refractivity contribution is -0.143. The summed E-state index contributed by atoms with van der Waals surface area (Å²) in [5, 5.41) is 14.2. The quantitative estimate of drug-likeness (QED) is 0.585. The summed E-state index contributed by atoms with van der Waals surface area (Å²) in [6, 6.07) is -0.291. The van der Waals surface area contributed by atoms with E-state index in [1.807, 2.05) is 0 Å². The average molecular weight is 240 g/mol. The molecule has 1 saturated heterocycles. The molecule has 2 rings (SSSR count). The average Bonchev–Trinajstić information content (AvgIpc) is 2.58. The van der Waals surface area contributed by atoms with Gasteiger partial charge in [-0.3, -0.25) is 19.7 Å². The van der Waals surface area contributed by atoms with Gasteiger partial charge in [0.2, 0.25) is 11.8 Å². The summed E-state index contributed by atoms with van der Waals surface area (Å²) < 4.78 is 0. The maximum Gasteiger partial charge on any atom is 0.306 e. The first-order valence-electron chi connectivity index (χ1n) is 5.89. The molecule has 2 amide bonds. The normalized spacial score (nSPS) is 33.5. The lowest BCUT2D eigenvalue weighted by Gasteiger charge is -2.28. The molecule has 1 heterocycles. The van der Waals surface area contributed by atoms with Crippen molar-refractivity contribution in [2.45, 2.75) is 44.2 Å². The number of aliphatic carboxylic acids is 1. The van der Waals surface area contributed by atoms with E-state index in [-0.39, 0.29) is 30.2 Å². The molecular weight excluding hydrogens is 224 g/mol.